The van der Waals surface area contributed by atoms with Gasteiger partial charge in [0.15, 0.2) is 18.8 Å². The summed E-state index contributed by atoms with van der Waals surface area (Å²) in [5.74, 6) is -1.67. The minimum atomic E-state index is -0.633. The van der Waals surface area contributed by atoms with Crippen molar-refractivity contribution in [1.29, 1.82) is 0 Å². The van der Waals surface area contributed by atoms with Gasteiger partial charge in [-0.25, -0.2) is 4.39 Å². The largest absolute Gasteiger partial charge is 0.502 e. The van der Waals surface area contributed by atoms with Gasteiger partial charge in [-0.05, 0) is 31.2 Å². The van der Waals surface area contributed by atoms with E-state index < -0.39 is 23.2 Å². The number of ether oxygens (including phenoxy) is 1. The fourth-order valence-electron chi connectivity index (χ4n) is 3.17. The highest BCUT2D eigenvalue weighted by atomic mass is 19.1. The highest BCUT2D eigenvalue weighted by Gasteiger charge is 2.36. The molecule has 1 unspecified atom stereocenters. The summed E-state index contributed by atoms with van der Waals surface area (Å²) in [6.07, 6.45) is 1.45. The van der Waals surface area contributed by atoms with Crippen molar-refractivity contribution in [3.05, 3.63) is 63.8 Å². The number of hydrogen-bond acceptors (Lipinski definition) is 4. The third kappa shape index (κ3) is 3.84. The number of hydrogen-bond donors (Lipinski definition) is 2. The number of aliphatic hydroxyl groups excluding tert-OH is 1. The number of fused-ring (bicyclic) bond motifs is 1. The molecule has 1 aliphatic heterocycles. The average Bonchev–Trinajstić information content (AvgIpc) is 2.63. The Kier molecular flexibility index (Phi) is 5.25. The molecule has 0 amide bonds. The number of halogens is 1. The summed E-state index contributed by atoms with van der Waals surface area (Å²) in [6.45, 7) is 2.41. The van der Waals surface area contributed by atoms with Crippen molar-refractivity contribution in [2.75, 3.05) is 13.2 Å². The predicted octanol–water partition coefficient (Wildman–Crippen LogP) is 1.72. The standard InChI is InChI=1S/C19H19FN2O5/c1-2-27-16(24)9-14-11-21(10-12-3-5-13(20)6-4-12)19(26)17-18(25)15(23)7-8-22(14)17/h3-8,14H,2,9-11H2,1H3,(H,25,26)/p+1. The average molecular weight is 375 g/mol. The van der Waals surface area contributed by atoms with Crippen LogP contribution in [0.5, 0.6) is 5.75 Å². The molecule has 8 heteroatoms. The minimum absolute atomic E-state index is 0.0103. The smallest absolute Gasteiger partial charge is 0.389 e. The molecule has 0 radical (unpaired) electrons. The van der Waals surface area contributed by atoms with E-state index in [-0.39, 0.29) is 43.5 Å². The fourth-order valence-corrected chi connectivity index (χ4v) is 3.17. The first kappa shape index (κ1) is 18.6. The van der Waals surface area contributed by atoms with Crippen LogP contribution >= 0.6 is 0 Å². The quantitative estimate of drug-likeness (QED) is 0.613. The van der Waals surface area contributed by atoms with Crippen molar-refractivity contribution in [2.45, 2.75) is 25.9 Å². The van der Waals surface area contributed by atoms with Gasteiger partial charge >= 0.3 is 11.9 Å². The minimum Gasteiger partial charge on any atom is -0.502 e. The molecule has 0 aliphatic carbocycles. The molecule has 7 nitrogen and oxygen atoms in total. The van der Waals surface area contributed by atoms with Crippen LogP contribution in [0.15, 0.2) is 41.3 Å². The third-order valence-electron chi connectivity index (χ3n) is 4.43. The first-order valence-electron chi connectivity index (χ1n) is 8.56. The maximum atomic E-state index is 13.1. The maximum Gasteiger partial charge on any atom is 0.389 e. The molecule has 0 saturated heterocycles. The Hall–Kier alpha value is -3.16. The van der Waals surface area contributed by atoms with E-state index in [1.165, 1.54) is 33.5 Å². The van der Waals surface area contributed by atoms with Crippen LogP contribution < -0.4 is 5.43 Å². The van der Waals surface area contributed by atoms with Crippen molar-refractivity contribution >= 4 is 11.9 Å². The summed E-state index contributed by atoms with van der Waals surface area (Å²) in [5, 5.41) is 20.8. The number of carbonyl (C=O) groups is 1. The molecule has 2 N–H and O–H groups in total. The van der Waals surface area contributed by atoms with Crippen LogP contribution in [0.3, 0.4) is 0 Å². The van der Waals surface area contributed by atoms with Crippen LogP contribution in [0.2, 0.25) is 0 Å². The van der Waals surface area contributed by atoms with Crippen molar-refractivity contribution in [2.24, 2.45) is 0 Å². The third-order valence-corrected chi connectivity index (χ3v) is 4.43. The van der Waals surface area contributed by atoms with E-state index in [1.54, 1.807) is 19.1 Å². The molecule has 2 aromatic rings. The molecule has 27 heavy (non-hydrogen) atoms. The first-order chi connectivity index (χ1) is 12.9. The van der Waals surface area contributed by atoms with Gasteiger partial charge in [0.2, 0.25) is 11.1 Å². The Morgan fingerprint density at radius 3 is 2.67 bits per heavy atom. The number of esters is 1. The second-order valence-electron chi connectivity index (χ2n) is 6.28. The van der Waals surface area contributed by atoms with Crippen LogP contribution in [-0.2, 0) is 16.1 Å². The summed E-state index contributed by atoms with van der Waals surface area (Å²) in [5.41, 5.74) is 0.0422. The van der Waals surface area contributed by atoms with Gasteiger partial charge in [-0.2, -0.15) is 4.58 Å². The predicted molar refractivity (Wildman–Crippen MR) is 94.6 cm³/mol. The molecule has 1 aromatic carbocycles. The highest BCUT2D eigenvalue weighted by molar-refractivity contribution is 5.90. The number of rotatable bonds is 5. The van der Waals surface area contributed by atoms with E-state index >= 15 is 0 Å². The number of aliphatic hydroxyl groups is 1. The molecule has 2 heterocycles. The molecular weight excluding hydrogens is 355 g/mol. The van der Waals surface area contributed by atoms with Gasteiger partial charge in [0.05, 0.1) is 13.0 Å². The molecule has 0 fully saturated rings. The fraction of sp³-hybridized carbons (Fsp3) is 0.316. The van der Waals surface area contributed by atoms with Crippen molar-refractivity contribution in [3.63, 3.8) is 0 Å². The number of benzene rings is 1. The van der Waals surface area contributed by atoms with Gasteiger partial charge in [-0.3, -0.25) is 9.59 Å². The molecule has 3 rings (SSSR count). The lowest BCUT2D eigenvalue weighted by Gasteiger charge is -2.25. The van der Waals surface area contributed by atoms with Crippen molar-refractivity contribution in [3.8, 4) is 5.75 Å². The molecule has 1 aromatic heterocycles. The number of carbonyl (C=O) groups excluding carboxylic acids is 1. The summed E-state index contributed by atoms with van der Waals surface area (Å²) in [6, 6.07) is 6.50. The van der Waals surface area contributed by atoms with Crippen molar-refractivity contribution < 1.29 is 28.7 Å². The van der Waals surface area contributed by atoms with Crippen LogP contribution in [0.25, 0.3) is 0 Å². The number of aromatic hydroxyl groups is 1. The molecule has 0 spiro atoms. The lowest BCUT2D eigenvalue weighted by atomic mass is 10.1. The van der Waals surface area contributed by atoms with Gasteiger partial charge < -0.3 is 19.5 Å². The Morgan fingerprint density at radius 2 is 2.00 bits per heavy atom. The van der Waals surface area contributed by atoms with Gasteiger partial charge in [0, 0.05) is 17.8 Å². The Bertz CT molecular complexity index is 950. The van der Waals surface area contributed by atoms with Gasteiger partial charge in [0.25, 0.3) is 0 Å². The van der Waals surface area contributed by atoms with Crippen LogP contribution in [0.1, 0.15) is 30.6 Å². The van der Waals surface area contributed by atoms with Gasteiger partial charge in [-0.1, -0.05) is 0 Å². The molecule has 0 saturated carbocycles. The number of pyridine rings is 1. The first-order valence-corrected chi connectivity index (χ1v) is 8.56. The monoisotopic (exact) mass is 375 g/mol. The molecule has 1 aliphatic rings. The van der Waals surface area contributed by atoms with E-state index in [2.05, 4.69) is 0 Å². The van der Waals surface area contributed by atoms with Crippen LogP contribution in [-0.4, -0.2) is 44.4 Å². The zero-order chi connectivity index (χ0) is 19.6. The number of nitrogens with zero attached hydrogens (tertiary/aromatic N) is 2. The van der Waals surface area contributed by atoms with Crippen molar-refractivity contribution in [1.82, 2.24) is 4.57 Å². The van der Waals surface area contributed by atoms with Crippen LogP contribution in [0, 0.1) is 5.82 Å². The normalized spacial score (nSPS) is 16.1. The van der Waals surface area contributed by atoms with Gasteiger partial charge in [-0.15, -0.1) is 0 Å². The van der Waals surface area contributed by atoms with Gasteiger partial charge in [0.1, 0.15) is 11.9 Å². The Balaban J connectivity index is 2.02. The SMILES string of the molecule is CCOC(=O)CC1C[N+](Cc2ccc(F)cc2)=C(O)c2c(O)c(=O)ccn21. The molecule has 142 valence electrons. The maximum absolute atomic E-state index is 13.1. The lowest BCUT2D eigenvalue weighted by Crippen LogP contribution is -2.39. The summed E-state index contributed by atoms with van der Waals surface area (Å²) >= 11 is 0. The van der Waals surface area contributed by atoms with E-state index in [1.807, 2.05) is 0 Å². The zero-order valence-corrected chi connectivity index (χ0v) is 14.8. The van der Waals surface area contributed by atoms with E-state index in [0.29, 0.717) is 0 Å². The Labute approximate surface area is 154 Å². The molecular formula is C19H20FN2O5+. The Morgan fingerprint density at radius 1 is 1.30 bits per heavy atom. The second kappa shape index (κ2) is 7.61. The van der Waals surface area contributed by atoms with E-state index in [9.17, 15) is 24.2 Å². The zero-order valence-electron chi connectivity index (χ0n) is 14.8. The molecule has 1 atom stereocenters. The summed E-state index contributed by atoms with van der Waals surface area (Å²) < 4.78 is 21.2. The van der Waals surface area contributed by atoms with E-state index in [0.717, 1.165) is 5.56 Å². The summed E-state index contributed by atoms with van der Waals surface area (Å²) in [7, 11) is 0. The topological polar surface area (TPSA) is 91.8 Å². The van der Waals surface area contributed by atoms with E-state index in [4.69, 9.17) is 4.74 Å². The highest BCUT2D eigenvalue weighted by Crippen LogP contribution is 2.25. The lowest BCUT2D eigenvalue weighted by molar-refractivity contribution is -0.559. The second-order valence-corrected chi connectivity index (χ2v) is 6.28. The summed E-state index contributed by atoms with van der Waals surface area (Å²) in [4.78, 5) is 23.8. The number of aromatic nitrogens is 1. The molecule has 0 bridgehead atoms. The van der Waals surface area contributed by atoms with Crippen LogP contribution in [0.4, 0.5) is 4.39 Å².